The monoisotopic (exact) mass is 438 g/mol. The van der Waals surface area contributed by atoms with E-state index in [1.54, 1.807) is 18.4 Å². The number of anilines is 2. The Morgan fingerprint density at radius 1 is 1.23 bits per heavy atom. The van der Waals surface area contributed by atoms with Crippen LogP contribution in [-0.2, 0) is 9.59 Å². The number of carbonyl (C=O) groups is 2. The van der Waals surface area contributed by atoms with Gasteiger partial charge in [-0.25, -0.2) is 0 Å². The van der Waals surface area contributed by atoms with Crippen molar-refractivity contribution >= 4 is 34.5 Å². The summed E-state index contributed by atoms with van der Waals surface area (Å²) in [7, 11) is 5.55. The van der Waals surface area contributed by atoms with Crippen LogP contribution < -0.4 is 16.4 Å². The van der Waals surface area contributed by atoms with Crippen molar-refractivity contribution in [1.29, 1.82) is 0 Å². The van der Waals surface area contributed by atoms with E-state index in [2.05, 4.69) is 16.0 Å². The lowest BCUT2D eigenvalue weighted by Crippen LogP contribution is -2.37. The fourth-order valence-corrected chi connectivity index (χ4v) is 4.49. The first kappa shape index (κ1) is 22.8. The van der Waals surface area contributed by atoms with Crippen LogP contribution in [0.4, 0.5) is 11.4 Å². The number of nitrogens with zero attached hydrogens (tertiary/aromatic N) is 1. The van der Waals surface area contributed by atoms with Gasteiger partial charge in [-0.2, -0.15) is 11.3 Å². The van der Waals surface area contributed by atoms with Crippen LogP contribution in [0.3, 0.4) is 0 Å². The van der Waals surface area contributed by atoms with Gasteiger partial charge in [-0.3, -0.25) is 9.59 Å². The summed E-state index contributed by atoms with van der Waals surface area (Å²) in [6.45, 7) is 2.64. The smallest absolute Gasteiger partial charge is 0.251 e. The van der Waals surface area contributed by atoms with Crippen molar-refractivity contribution in [3.8, 4) is 11.1 Å². The van der Waals surface area contributed by atoms with Crippen LogP contribution in [0, 0.1) is 11.8 Å². The average molecular weight is 439 g/mol. The third kappa shape index (κ3) is 5.42. The molecule has 3 rings (SSSR count). The van der Waals surface area contributed by atoms with Gasteiger partial charge in [0.1, 0.15) is 0 Å². The summed E-state index contributed by atoms with van der Waals surface area (Å²) in [5, 5.41) is 9.81. The molecule has 0 saturated heterocycles. The Morgan fingerprint density at radius 3 is 2.61 bits per heavy atom. The molecule has 1 heterocycles. The van der Waals surface area contributed by atoms with Crippen molar-refractivity contribution in [2.75, 3.05) is 38.7 Å². The molecular formula is C24H30N4O2S. The van der Waals surface area contributed by atoms with Crippen LogP contribution in [0.5, 0.6) is 0 Å². The Kier molecular flexibility index (Phi) is 7.30. The second kappa shape index (κ2) is 9.94. The van der Waals surface area contributed by atoms with Crippen LogP contribution in [0.15, 0.2) is 58.3 Å². The van der Waals surface area contributed by atoms with Gasteiger partial charge in [0.25, 0.3) is 5.91 Å². The van der Waals surface area contributed by atoms with Gasteiger partial charge in [-0.15, -0.1) is 0 Å². The predicted octanol–water partition coefficient (Wildman–Crippen LogP) is 3.75. The van der Waals surface area contributed by atoms with E-state index < -0.39 is 0 Å². The number of nitrogens with one attached hydrogen (secondary N) is 2. The Morgan fingerprint density at radius 2 is 2.00 bits per heavy atom. The van der Waals surface area contributed by atoms with Crippen LogP contribution in [0.25, 0.3) is 11.1 Å². The molecule has 1 aromatic heterocycles. The second-order valence-electron chi connectivity index (χ2n) is 8.17. The summed E-state index contributed by atoms with van der Waals surface area (Å²) in [5.41, 5.74) is 11.1. The van der Waals surface area contributed by atoms with E-state index in [1.807, 2.05) is 67.7 Å². The zero-order valence-corrected chi connectivity index (χ0v) is 19.3. The lowest BCUT2D eigenvalue weighted by molar-refractivity contribution is -0.123. The highest BCUT2D eigenvalue weighted by Gasteiger charge is 2.28. The van der Waals surface area contributed by atoms with Gasteiger partial charge in [0.15, 0.2) is 0 Å². The quantitative estimate of drug-likeness (QED) is 0.575. The van der Waals surface area contributed by atoms with E-state index >= 15 is 0 Å². The van der Waals surface area contributed by atoms with Gasteiger partial charge < -0.3 is 21.3 Å². The molecule has 0 spiro atoms. The minimum atomic E-state index is -0.235. The lowest BCUT2D eigenvalue weighted by Gasteiger charge is -2.27. The third-order valence-corrected chi connectivity index (χ3v) is 6.21. The van der Waals surface area contributed by atoms with Crippen molar-refractivity contribution in [3.05, 3.63) is 58.3 Å². The van der Waals surface area contributed by atoms with E-state index in [-0.39, 0.29) is 23.7 Å². The molecule has 1 aliphatic rings. The molecule has 1 aliphatic carbocycles. The minimum Gasteiger partial charge on any atom is -0.397 e. The van der Waals surface area contributed by atoms with E-state index in [0.29, 0.717) is 29.9 Å². The SMILES string of the molecule is CNC(=O)C(CN(C)C)C1=CC=C(C(=O)Nc2cc(-c3ccsc3)ccc2N)C(C)C1. The molecule has 164 valence electrons. The molecule has 0 saturated carbocycles. The Balaban J connectivity index is 1.81. The van der Waals surface area contributed by atoms with Crippen LogP contribution >= 0.6 is 11.3 Å². The molecule has 2 atom stereocenters. The molecule has 2 aromatic rings. The van der Waals surface area contributed by atoms with Gasteiger partial charge in [-0.05, 0) is 66.5 Å². The maximum Gasteiger partial charge on any atom is 0.251 e. The Hall–Kier alpha value is -2.90. The van der Waals surface area contributed by atoms with Crippen LogP contribution in [0.2, 0.25) is 0 Å². The number of allylic oxidation sites excluding steroid dienone is 2. The number of hydrogen-bond donors (Lipinski definition) is 3. The van der Waals surface area contributed by atoms with E-state index in [1.165, 1.54) is 0 Å². The molecule has 2 amide bonds. The number of hydrogen-bond acceptors (Lipinski definition) is 5. The number of nitrogens with two attached hydrogens (primary N) is 1. The number of amides is 2. The van der Waals surface area contributed by atoms with Crippen molar-refractivity contribution in [3.63, 3.8) is 0 Å². The van der Waals surface area contributed by atoms with Gasteiger partial charge in [0, 0.05) is 19.2 Å². The fourth-order valence-electron chi connectivity index (χ4n) is 3.83. The first-order chi connectivity index (χ1) is 14.8. The Bertz CT molecular complexity index is 1010. The summed E-state index contributed by atoms with van der Waals surface area (Å²) >= 11 is 1.63. The number of thiophene rings is 1. The molecule has 0 fully saturated rings. The first-order valence-electron chi connectivity index (χ1n) is 10.3. The van der Waals surface area contributed by atoms with Crippen molar-refractivity contribution in [1.82, 2.24) is 10.2 Å². The number of rotatable bonds is 7. The van der Waals surface area contributed by atoms with Gasteiger partial charge in [0.2, 0.25) is 5.91 Å². The number of nitrogen functional groups attached to an aromatic ring is 1. The van der Waals surface area contributed by atoms with Crippen LogP contribution in [-0.4, -0.2) is 44.4 Å². The minimum absolute atomic E-state index is 0.00407. The molecule has 1 aromatic carbocycles. The van der Waals surface area contributed by atoms with Crippen molar-refractivity contribution < 1.29 is 9.59 Å². The average Bonchev–Trinajstić information content (AvgIpc) is 3.27. The van der Waals surface area contributed by atoms with Gasteiger partial charge >= 0.3 is 0 Å². The van der Waals surface area contributed by atoms with Crippen molar-refractivity contribution in [2.24, 2.45) is 11.8 Å². The highest BCUT2D eigenvalue weighted by molar-refractivity contribution is 7.08. The van der Waals surface area contributed by atoms with Gasteiger partial charge in [-0.1, -0.05) is 30.7 Å². The van der Waals surface area contributed by atoms with Crippen molar-refractivity contribution in [2.45, 2.75) is 13.3 Å². The largest absolute Gasteiger partial charge is 0.397 e. The lowest BCUT2D eigenvalue weighted by atomic mass is 9.82. The summed E-state index contributed by atoms with van der Waals surface area (Å²) < 4.78 is 0. The third-order valence-electron chi connectivity index (χ3n) is 5.53. The number of carbonyl (C=O) groups excluding carboxylic acids is 2. The summed E-state index contributed by atoms with van der Waals surface area (Å²) in [4.78, 5) is 27.4. The predicted molar refractivity (Wildman–Crippen MR) is 129 cm³/mol. The van der Waals surface area contributed by atoms with E-state index in [9.17, 15) is 9.59 Å². The van der Waals surface area contributed by atoms with Crippen LogP contribution in [0.1, 0.15) is 13.3 Å². The molecule has 0 bridgehead atoms. The first-order valence-corrected chi connectivity index (χ1v) is 11.2. The normalized spacial score (nSPS) is 17.0. The highest BCUT2D eigenvalue weighted by Crippen LogP contribution is 2.32. The molecule has 2 unspecified atom stereocenters. The maximum atomic E-state index is 13.0. The van der Waals surface area contributed by atoms with E-state index in [0.717, 1.165) is 16.7 Å². The second-order valence-corrected chi connectivity index (χ2v) is 8.95. The molecule has 4 N–H and O–H groups in total. The molecular weight excluding hydrogens is 408 g/mol. The molecule has 0 aliphatic heterocycles. The molecule has 31 heavy (non-hydrogen) atoms. The topological polar surface area (TPSA) is 87.5 Å². The van der Waals surface area contributed by atoms with Gasteiger partial charge in [0.05, 0.1) is 17.3 Å². The summed E-state index contributed by atoms with van der Waals surface area (Å²) in [5.74, 6) is -0.413. The molecule has 7 heteroatoms. The summed E-state index contributed by atoms with van der Waals surface area (Å²) in [6.07, 6.45) is 4.42. The molecule has 6 nitrogen and oxygen atoms in total. The highest BCUT2D eigenvalue weighted by atomic mass is 32.1. The Labute approximate surface area is 187 Å². The summed E-state index contributed by atoms with van der Waals surface area (Å²) in [6, 6.07) is 7.71. The zero-order chi connectivity index (χ0) is 22.5. The number of benzene rings is 1. The maximum absolute atomic E-state index is 13.0. The zero-order valence-electron chi connectivity index (χ0n) is 18.4. The van der Waals surface area contributed by atoms with E-state index in [4.69, 9.17) is 5.73 Å². The standard InChI is InChI=1S/C24H30N4O2S/c1-15-11-17(20(13-28(3)4)23(29)26-2)5-7-19(15)24(30)27-22-12-16(6-8-21(22)25)18-9-10-31-14-18/h5-10,12,14-15,20H,11,13,25H2,1-4H3,(H,26,29)(H,27,30). The molecule has 0 radical (unpaired) electrons. The fraction of sp³-hybridized carbons (Fsp3) is 0.333.